The number of β-amino-alcohol motifs (C(OH)–C–C–N with tert-alkyl or cyclic N) is 1. The Morgan fingerprint density at radius 1 is 1.19 bits per heavy atom. The van der Waals surface area contributed by atoms with Crippen molar-refractivity contribution in [3.8, 4) is 0 Å². The van der Waals surface area contributed by atoms with Crippen LogP contribution >= 0.6 is 0 Å². The van der Waals surface area contributed by atoms with E-state index >= 15 is 0 Å². The van der Waals surface area contributed by atoms with Crippen molar-refractivity contribution in [1.29, 1.82) is 0 Å². The minimum Gasteiger partial charge on any atom is -0.390 e. The molecule has 0 radical (unpaired) electrons. The van der Waals surface area contributed by atoms with Gasteiger partial charge in [0.25, 0.3) is 5.91 Å². The first-order chi connectivity index (χ1) is 15.5. The van der Waals surface area contributed by atoms with Crippen molar-refractivity contribution in [3.05, 3.63) is 66.1 Å². The highest BCUT2D eigenvalue weighted by Crippen LogP contribution is 2.24. The van der Waals surface area contributed by atoms with E-state index in [0.717, 1.165) is 16.5 Å². The number of pyridine rings is 1. The second-order valence-electron chi connectivity index (χ2n) is 8.65. The molecule has 1 fully saturated rings. The number of nitrogens with one attached hydrogen (secondary N) is 1. The number of hydrogen-bond acceptors (Lipinski definition) is 5. The third kappa shape index (κ3) is 5.06. The van der Waals surface area contributed by atoms with E-state index in [1.165, 1.54) is 19.3 Å². The summed E-state index contributed by atoms with van der Waals surface area (Å²) in [7, 11) is 0. The number of piperidine rings is 1. The summed E-state index contributed by atoms with van der Waals surface area (Å²) in [4.78, 5) is 18.6. The number of benzene rings is 1. The number of carbonyl (C=O) groups excluding carboxylic acids is 1. The Morgan fingerprint density at radius 3 is 2.69 bits per heavy atom. The van der Waals surface area contributed by atoms with Crippen molar-refractivity contribution in [2.24, 2.45) is 5.10 Å². The van der Waals surface area contributed by atoms with Gasteiger partial charge in [-0.2, -0.15) is 5.10 Å². The van der Waals surface area contributed by atoms with Crippen LogP contribution in [0.15, 0.2) is 60.0 Å². The zero-order valence-electron chi connectivity index (χ0n) is 18.7. The average Bonchev–Trinajstić information content (AvgIpc) is 3.14. The van der Waals surface area contributed by atoms with Gasteiger partial charge in [0.15, 0.2) is 0 Å². The number of para-hydroxylation sites is 1. The summed E-state index contributed by atoms with van der Waals surface area (Å²) in [5.74, 6) is -0.356. The molecule has 168 valence electrons. The number of aliphatic hydroxyl groups excluding tert-OH is 1. The molecule has 3 heterocycles. The number of hydrogen-bond donors (Lipinski definition) is 2. The summed E-state index contributed by atoms with van der Waals surface area (Å²) in [5, 5.41) is 16.0. The number of nitrogens with zero attached hydrogens (tertiary/aromatic N) is 4. The first-order valence-corrected chi connectivity index (χ1v) is 11.3. The van der Waals surface area contributed by atoms with Gasteiger partial charge < -0.3 is 9.67 Å². The summed E-state index contributed by atoms with van der Waals surface area (Å²) >= 11 is 0. The minimum absolute atomic E-state index is 0.316. The van der Waals surface area contributed by atoms with E-state index in [1.54, 1.807) is 30.6 Å². The van der Waals surface area contributed by atoms with Crippen LogP contribution in [0.2, 0.25) is 0 Å². The molecule has 0 unspecified atom stereocenters. The van der Waals surface area contributed by atoms with Crippen LogP contribution in [0.3, 0.4) is 0 Å². The van der Waals surface area contributed by atoms with Crippen LogP contribution in [0.1, 0.15) is 49.2 Å². The van der Waals surface area contributed by atoms with E-state index < -0.39 is 6.10 Å². The Kier molecular flexibility index (Phi) is 6.97. The molecular formula is C25H31N5O2. The van der Waals surface area contributed by atoms with Crippen LogP contribution in [0, 0.1) is 0 Å². The first-order valence-electron chi connectivity index (χ1n) is 11.3. The molecule has 1 saturated heterocycles. The molecule has 1 amide bonds. The zero-order chi connectivity index (χ0) is 22.5. The second-order valence-corrected chi connectivity index (χ2v) is 8.65. The number of carbonyl (C=O) groups is 1. The largest absolute Gasteiger partial charge is 0.390 e. The number of hydrazone groups is 1. The Hall–Kier alpha value is -3.03. The summed E-state index contributed by atoms with van der Waals surface area (Å²) in [6, 6.07) is 14.2. The molecular weight excluding hydrogens is 402 g/mol. The molecule has 3 aromatic rings. The zero-order valence-corrected chi connectivity index (χ0v) is 18.7. The Labute approximate surface area is 188 Å². The van der Waals surface area contributed by atoms with Crippen LogP contribution in [0.25, 0.3) is 10.9 Å². The highest BCUT2D eigenvalue weighted by Gasteiger charge is 2.26. The van der Waals surface area contributed by atoms with Crippen LogP contribution in [-0.2, 0) is 6.54 Å². The molecule has 1 aliphatic rings. The molecule has 2 aromatic heterocycles. The Morgan fingerprint density at radius 2 is 1.94 bits per heavy atom. The highest BCUT2D eigenvalue weighted by molar-refractivity contribution is 6.00. The van der Waals surface area contributed by atoms with Crippen LogP contribution in [0.5, 0.6) is 0 Å². The van der Waals surface area contributed by atoms with Crippen molar-refractivity contribution in [2.45, 2.75) is 57.8 Å². The summed E-state index contributed by atoms with van der Waals surface area (Å²) in [5.41, 5.74) is 4.76. The van der Waals surface area contributed by atoms with E-state index in [-0.39, 0.29) is 5.91 Å². The van der Waals surface area contributed by atoms with E-state index in [4.69, 9.17) is 0 Å². The fourth-order valence-corrected chi connectivity index (χ4v) is 4.61. The van der Waals surface area contributed by atoms with Gasteiger partial charge in [-0.3, -0.25) is 14.7 Å². The third-order valence-electron chi connectivity index (χ3n) is 6.29. The fraction of sp³-hybridized carbons (Fsp3) is 0.400. The molecule has 3 atom stereocenters. The maximum absolute atomic E-state index is 12.2. The quantitative estimate of drug-likeness (QED) is 0.442. The molecule has 0 spiro atoms. The van der Waals surface area contributed by atoms with Crippen molar-refractivity contribution < 1.29 is 9.90 Å². The summed E-state index contributed by atoms with van der Waals surface area (Å²) < 4.78 is 2.07. The average molecular weight is 434 g/mol. The number of rotatable bonds is 7. The molecule has 0 bridgehead atoms. The Balaban J connectivity index is 1.47. The van der Waals surface area contributed by atoms with E-state index in [2.05, 4.69) is 38.8 Å². The monoisotopic (exact) mass is 433 g/mol. The molecule has 1 aromatic carbocycles. The van der Waals surface area contributed by atoms with Crippen molar-refractivity contribution in [2.75, 3.05) is 6.54 Å². The lowest BCUT2D eigenvalue weighted by Gasteiger charge is -2.40. The Bertz CT molecular complexity index is 1070. The molecule has 7 nitrogen and oxygen atoms in total. The molecule has 7 heteroatoms. The maximum atomic E-state index is 12.2. The predicted molar refractivity (Wildman–Crippen MR) is 127 cm³/mol. The van der Waals surface area contributed by atoms with Gasteiger partial charge >= 0.3 is 0 Å². The molecule has 1 aliphatic heterocycles. The SMILES string of the molecule is C[C@@H]1CCC[C@H](C)N1C[C@@H](O)Cn1cc(/C=N\NC(=O)c2ccccn2)c2ccccc21. The highest BCUT2D eigenvalue weighted by atomic mass is 16.3. The van der Waals surface area contributed by atoms with Gasteiger partial charge in [0.1, 0.15) is 5.69 Å². The standard InChI is InChI=1S/C25H31N5O2/c1-18-8-7-9-19(2)30(18)17-21(31)16-29-15-20(22-10-3-4-12-24(22)29)14-27-28-25(32)23-11-5-6-13-26-23/h3-6,10-15,18-19,21,31H,7-9,16-17H2,1-2H3,(H,28,32)/b27-14-/t18-,19+,21-/m0/s1. The lowest BCUT2D eigenvalue weighted by Crippen LogP contribution is -2.47. The number of likely N-dealkylation sites (tertiary alicyclic amines) is 1. The molecule has 4 rings (SSSR count). The van der Waals surface area contributed by atoms with Crippen LogP contribution in [-0.4, -0.2) is 56.4 Å². The van der Waals surface area contributed by atoms with Gasteiger partial charge in [0.05, 0.1) is 12.3 Å². The van der Waals surface area contributed by atoms with Crippen molar-refractivity contribution in [3.63, 3.8) is 0 Å². The summed E-state index contributed by atoms with van der Waals surface area (Å²) in [6.07, 6.45) is 8.36. The smallest absolute Gasteiger partial charge is 0.289 e. The van der Waals surface area contributed by atoms with Crippen LogP contribution < -0.4 is 5.43 Å². The molecule has 2 N–H and O–H groups in total. The number of amides is 1. The fourth-order valence-electron chi connectivity index (χ4n) is 4.61. The normalized spacial score (nSPS) is 20.6. The summed E-state index contributed by atoms with van der Waals surface area (Å²) in [6.45, 7) is 5.67. The molecule has 0 aliphatic carbocycles. The van der Waals surface area contributed by atoms with Gasteiger partial charge in [-0.15, -0.1) is 0 Å². The second kappa shape index (κ2) is 10.1. The minimum atomic E-state index is -0.470. The van der Waals surface area contributed by atoms with Gasteiger partial charge in [-0.05, 0) is 44.9 Å². The lowest BCUT2D eigenvalue weighted by atomic mass is 9.97. The van der Waals surface area contributed by atoms with Crippen molar-refractivity contribution >= 4 is 23.0 Å². The number of aliphatic hydroxyl groups is 1. The van der Waals surface area contributed by atoms with Gasteiger partial charge in [-0.1, -0.05) is 30.7 Å². The van der Waals surface area contributed by atoms with E-state index in [9.17, 15) is 9.90 Å². The number of fused-ring (bicyclic) bond motifs is 1. The third-order valence-corrected chi connectivity index (χ3v) is 6.29. The van der Waals surface area contributed by atoms with Gasteiger partial charge in [-0.25, -0.2) is 5.43 Å². The van der Waals surface area contributed by atoms with Gasteiger partial charge in [0.2, 0.25) is 0 Å². The molecule has 32 heavy (non-hydrogen) atoms. The lowest BCUT2D eigenvalue weighted by molar-refractivity contribution is 0.0352. The van der Waals surface area contributed by atoms with Gasteiger partial charge in [0, 0.05) is 54.0 Å². The molecule has 0 saturated carbocycles. The van der Waals surface area contributed by atoms with Crippen LogP contribution in [0.4, 0.5) is 0 Å². The predicted octanol–water partition coefficient (Wildman–Crippen LogP) is 3.42. The maximum Gasteiger partial charge on any atom is 0.289 e. The topological polar surface area (TPSA) is 82.8 Å². The number of aromatic nitrogens is 2. The van der Waals surface area contributed by atoms with E-state index in [1.807, 2.05) is 30.5 Å². The van der Waals surface area contributed by atoms with Crippen molar-refractivity contribution in [1.82, 2.24) is 19.9 Å². The first kappa shape index (κ1) is 22.2. The van der Waals surface area contributed by atoms with E-state index in [0.29, 0.717) is 30.9 Å².